The quantitative estimate of drug-likeness (QED) is 0.739. The SMILES string of the molecule is CCN1CCC(NC(=O)c2cc(-c3ccc(C)cc3C)nc3ccccc23)C1=O. The van der Waals surface area contributed by atoms with Gasteiger partial charge < -0.3 is 10.2 Å². The molecule has 5 heteroatoms. The number of carbonyl (C=O) groups excluding carboxylic acids is 2. The molecule has 29 heavy (non-hydrogen) atoms. The number of aryl methyl sites for hydroxylation is 2. The molecule has 0 saturated carbocycles. The highest BCUT2D eigenvalue weighted by atomic mass is 16.2. The van der Waals surface area contributed by atoms with Gasteiger partial charge in [-0.1, -0.05) is 42.0 Å². The van der Waals surface area contributed by atoms with Gasteiger partial charge in [0.15, 0.2) is 0 Å². The molecule has 0 bridgehead atoms. The van der Waals surface area contributed by atoms with Crippen LogP contribution in [0.15, 0.2) is 48.5 Å². The molecule has 2 amide bonds. The maximum Gasteiger partial charge on any atom is 0.252 e. The number of nitrogens with zero attached hydrogens (tertiary/aromatic N) is 2. The fourth-order valence-corrected chi connectivity index (χ4v) is 4.03. The fraction of sp³-hybridized carbons (Fsp3) is 0.292. The van der Waals surface area contributed by atoms with E-state index in [1.165, 1.54) is 5.56 Å². The van der Waals surface area contributed by atoms with Gasteiger partial charge in [-0.05, 0) is 44.9 Å². The summed E-state index contributed by atoms with van der Waals surface area (Å²) in [6, 6.07) is 15.2. The normalized spacial score (nSPS) is 16.4. The number of pyridine rings is 1. The fourth-order valence-electron chi connectivity index (χ4n) is 4.03. The van der Waals surface area contributed by atoms with Crippen molar-refractivity contribution < 1.29 is 9.59 Å². The summed E-state index contributed by atoms with van der Waals surface area (Å²) >= 11 is 0. The van der Waals surface area contributed by atoms with E-state index in [1.807, 2.05) is 43.3 Å². The van der Waals surface area contributed by atoms with E-state index in [0.717, 1.165) is 27.7 Å². The zero-order valence-electron chi connectivity index (χ0n) is 17.0. The summed E-state index contributed by atoms with van der Waals surface area (Å²) in [5.41, 5.74) is 5.38. The minimum atomic E-state index is -0.459. The highest BCUT2D eigenvalue weighted by molar-refractivity contribution is 6.08. The van der Waals surface area contributed by atoms with E-state index in [2.05, 4.69) is 31.3 Å². The van der Waals surface area contributed by atoms with E-state index in [0.29, 0.717) is 25.1 Å². The maximum absolute atomic E-state index is 13.2. The summed E-state index contributed by atoms with van der Waals surface area (Å²) in [5.74, 6) is -0.236. The molecule has 1 saturated heterocycles. The Labute approximate surface area is 170 Å². The molecule has 1 unspecified atom stereocenters. The third-order valence-corrected chi connectivity index (χ3v) is 5.60. The molecule has 0 radical (unpaired) electrons. The second kappa shape index (κ2) is 7.66. The van der Waals surface area contributed by atoms with E-state index in [-0.39, 0.29) is 11.8 Å². The standard InChI is InChI=1S/C24H25N3O2/c1-4-27-12-11-21(24(27)29)26-23(28)19-14-22(17-10-9-15(2)13-16(17)3)25-20-8-6-5-7-18(19)20/h5-10,13-14,21H,4,11-12H2,1-3H3,(H,26,28). The van der Waals surface area contributed by atoms with Crippen LogP contribution in [0.2, 0.25) is 0 Å². The lowest BCUT2D eigenvalue weighted by Crippen LogP contribution is -2.41. The lowest BCUT2D eigenvalue weighted by atomic mass is 9.99. The first-order chi connectivity index (χ1) is 14.0. The minimum absolute atomic E-state index is 0.00573. The van der Waals surface area contributed by atoms with Crippen LogP contribution in [0.1, 0.15) is 34.8 Å². The Bertz CT molecular complexity index is 1110. The van der Waals surface area contributed by atoms with Crippen molar-refractivity contribution in [2.24, 2.45) is 0 Å². The maximum atomic E-state index is 13.2. The molecule has 0 aliphatic carbocycles. The first kappa shape index (κ1) is 19.1. The van der Waals surface area contributed by atoms with Crippen molar-refractivity contribution in [1.82, 2.24) is 15.2 Å². The van der Waals surface area contributed by atoms with Crippen molar-refractivity contribution in [2.75, 3.05) is 13.1 Å². The van der Waals surface area contributed by atoms with Crippen LogP contribution in [-0.4, -0.2) is 40.8 Å². The summed E-state index contributed by atoms with van der Waals surface area (Å²) < 4.78 is 0. The van der Waals surface area contributed by atoms with Crippen LogP contribution in [0.25, 0.3) is 22.2 Å². The molecular weight excluding hydrogens is 362 g/mol. The van der Waals surface area contributed by atoms with Crippen LogP contribution in [0.3, 0.4) is 0 Å². The highest BCUT2D eigenvalue weighted by Gasteiger charge is 2.32. The molecule has 0 spiro atoms. The van der Waals surface area contributed by atoms with Gasteiger partial charge in [0, 0.05) is 24.0 Å². The van der Waals surface area contributed by atoms with E-state index in [9.17, 15) is 9.59 Å². The number of para-hydroxylation sites is 1. The van der Waals surface area contributed by atoms with Gasteiger partial charge in [-0.3, -0.25) is 9.59 Å². The Morgan fingerprint density at radius 1 is 1.17 bits per heavy atom. The average Bonchev–Trinajstić information content (AvgIpc) is 3.06. The Morgan fingerprint density at radius 2 is 1.97 bits per heavy atom. The zero-order valence-corrected chi connectivity index (χ0v) is 17.0. The van der Waals surface area contributed by atoms with Crippen LogP contribution in [0, 0.1) is 13.8 Å². The number of benzene rings is 2. The topological polar surface area (TPSA) is 62.3 Å². The molecule has 2 heterocycles. The molecule has 1 aliphatic heterocycles. The summed E-state index contributed by atoms with van der Waals surface area (Å²) in [4.78, 5) is 32.2. The first-order valence-electron chi connectivity index (χ1n) is 10.0. The van der Waals surface area contributed by atoms with E-state index >= 15 is 0 Å². The van der Waals surface area contributed by atoms with Gasteiger partial charge >= 0.3 is 0 Å². The molecule has 2 aromatic carbocycles. The van der Waals surface area contributed by atoms with Crippen LogP contribution in [-0.2, 0) is 4.79 Å². The Kier molecular flexibility index (Phi) is 5.05. The van der Waals surface area contributed by atoms with Crippen molar-refractivity contribution in [3.63, 3.8) is 0 Å². The number of carbonyl (C=O) groups is 2. The molecule has 5 nitrogen and oxygen atoms in total. The molecule has 1 aromatic heterocycles. The van der Waals surface area contributed by atoms with Crippen LogP contribution < -0.4 is 5.32 Å². The summed E-state index contributed by atoms with van der Waals surface area (Å²) in [7, 11) is 0. The van der Waals surface area contributed by atoms with Gasteiger partial charge in [-0.25, -0.2) is 4.98 Å². The molecule has 1 aliphatic rings. The van der Waals surface area contributed by atoms with Crippen molar-refractivity contribution in [1.29, 1.82) is 0 Å². The van der Waals surface area contributed by atoms with Gasteiger partial charge in [0.1, 0.15) is 6.04 Å². The van der Waals surface area contributed by atoms with Gasteiger partial charge in [0.05, 0.1) is 16.8 Å². The third-order valence-electron chi connectivity index (χ3n) is 5.60. The van der Waals surface area contributed by atoms with Gasteiger partial charge in [-0.2, -0.15) is 0 Å². The molecule has 1 fully saturated rings. The lowest BCUT2D eigenvalue weighted by Gasteiger charge is -2.16. The number of rotatable bonds is 4. The van der Waals surface area contributed by atoms with Crippen molar-refractivity contribution in [3.8, 4) is 11.3 Å². The van der Waals surface area contributed by atoms with Crippen molar-refractivity contribution in [3.05, 3.63) is 65.2 Å². The Hall–Kier alpha value is -3.21. The lowest BCUT2D eigenvalue weighted by molar-refractivity contribution is -0.129. The van der Waals surface area contributed by atoms with E-state index in [1.54, 1.807) is 4.90 Å². The molecule has 4 rings (SSSR count). The highest BCUT2D eigenvalue weighted by Crippen LogP contribution is 2.28. The second-order valence-corrected chi connectivity index (χ2v) is 7.62. The van der Waals surface area contributed by atoms with Crippen LogP contribution >= 0.6 is 0 Å². The number of hydrogen-bond acceptors (Lipinski definition) is 3. The van der Waals surface area contributed by atoms with Crippen molar-refractivity contribution in [2.45, 2.75) is 33.2 Å². The smallest absolute Gasteiger partial charge is 0.252 e. The number of likely N-dealkylation sites (N-methyl/N-ethyl adjacent to an activating group) is 1. The number of likely N-dealkylation sites (tertiary alicyclic amines) is 1. The summed E-state index contributed by atoms with van der Waals surface area (Å²) in [6.45, 7) is 7.41. The van der Waals surface area contributed by atoms with Gasteiger partial charge in [-0.15, -0.1) is 0 Å². The average molecular weight is 387 g/mol. The minimum Gasteiger partial charge on any atom is -0.341 e. The molecule has 148 valence electrons. The molecule has 1 atom stereocenters. The third kappa shape index (κ3) is 3.60. The predicted molar refractivity (Wildman–Crippen MR) is 115 cm³/mol. The monoisotopic (exact) mass is 387 g/mol. The number of hydrogen-bond donors (Lipinski definition) is 1. The number of nitrogens with one attached hydrogen (secondary N) is 1. The molecule has 3 aromatic rings. The van der Waals surface area contributed by atoms with E-state index < -0.39 is 6.04 Å². The van der Waals surface area contributed by atoms with Crippen molar-refractivity contribution >= 4 is 22.7 Å². The van der Waals surface area contributed by atoms with E-state index in [4.69, 9.17) is 4.98 Å². The van der Waals surface area contributed by atoms with Crippen LogP contribution in [0.4, 0.5) is 0 Å². The summed E-state index contributed by atoms with van der Waals surface area (Å²) in [5, 5.41) is 3.73. The van der Waals surface area contributed by atoms with Crippen LogP contribution in [0.5, 0.6) is 0 Å². The largest absolute Gasteiger partial charge is 0.341 e. The zero-order chi connectivity index (χ0) is 20.5. The van der Waals surface area contributed by atoms with Gasteiger partial charge in [0.25, 0.3) is 5.91 Å². The Morgan fingerprint density at radius 3 is 2.69 bits per heavy atom. The summed E-state index contributed by atoms with van der Waals surface area (Å²) in [6.07, 6.45) is 0.644. The number of aromatic nitrogens is 1. The second-order valence-electron chi connectivity index (χ2n) is 7.62. The Balaban J connectivity index is 1.75. The predicted octanol–water partition coefficient (Wildman–Crippen LogP) is 3.87. The van der Waals surface area contributed by atoms with Gasteiger partial charge in [0.2, 0.25) is 5.91 Å². The molecule has 1 N–H and O–H groups in total. The first-order valence-corrected chi connectivity index (χ1v) is 10.0. The molecular formula is C24H25N3O2. The number of fused-ring (bicyclic) bond motifs is 1. The number of amides is 2.